The Labute approximate surface area is 280 Å². The van der Waals surface area contributed by atoms with E-state index in [0.717, 1.165) is 21.9 Å². The number of benzene rings is 4. The maximum Gasteiger partial charge on any atom is 0.264 e. The van der Waals surface area contributed by atoms with E-state index in [1.54, 1.807) is 6.07 Å². The van der Waals surface area contributed by atoms with Crippen LogP contribution in [0, 0.1) is 11.8 Å². The van der Waals surface area contributed by atoms with Crippen molar-refractivity contribution in [2.45, 2.75) is 43.0 Å². The monoisotopic (exact) mass is 666 g/mol. The lowest BCUT2D eigenvalue weighted by Crippen LogP contribution is -2.55. The largest absolute Gasteiger partial charge is 0.489 e. The van der Waals surface area contributed by atoms with E-state index in [1.165, 1.54) is 31.2 Å². The third kappa shape index (κ3) is 7.27. The predicted molar refractivity (Wildman–Crippen MR) is 182 cm³/mol. The Balaban J connectivity index is 1.14. The van der Waals surface area contributed by atoms with Crippen molar-refractivity contribution in [2.75, 3.05) is 13.1 Å². The number of amides is 3. The van der Waals surface area contributed by atoms with Gasteiger partial charge in [-0.2, -0.15) is 0 Å². The molecule has 4 aromatic rings. The first-order chi connectivity index (χ1) is 23.1. The van der Waals surface area contributed by atoms with Gasteiger partial charge in [0.2, 0.25) is 11.8 Å². The summed E-state index contributed by atoms with van der Waals surface area (Å²) in [5.74, 6) is -2.37. The maximum atomic E-state index is 13.8. The molecule has 248 valence electrons. The van der Waals surface area contributed by atoms with E-state index in [0.29, 0.717) is 25.4 Å². The summed E-state index contributed by atoms with van der Waals surface area (Å²) in [6.45, 7) is 6.78. The Morgan fingerprint density at radius 3 is 2.40 bits per heavy atom. The average Bonchev–Trinajstić information content (AvgIpc) is 3.66. The zero-order valence-electron chi connectivity index (χ0n) is 26.6. The number of hydrogen-bond donors (Lipinski definition) is 3. The standard InChI is InChI=1S/C37H38N4O6S/c1-3-30-20-37(30,36(44)40-48(45,46)32-15-9-14-31(19-32)47-24-26-10-5-4-6-11-26)39-35(43)33-22-41(23-34(33)38-25(2)42)21-27-16-17-28-12-7-8-13-29(28)18-27/h3-19,30,33-34H,1,20-24H2,2H3,(H,38,42)(H,39,43)(H,40,44)/t30-,33-,34+,37-/m1/s1. The van der Waals surface area contributed by atoms with Gasteiger partial charge in [-0.25, -0.2) is 13.1 Å². The van der Waals surface area contributed by atoms with Gasteiger partial charge in [-0.15, -0.1) is 6.58 Å². The van der Waals surface area contributed by atoms with Crippen LogP contribution in [0.5, 0.6) is 5.75 Å². The summed E-state index contributed by atoms with van der Waals surface area (Å²) in [7, 11) is -4.31. The Morgan fingerprint density at radius 1 is 0.917 bits per heavy atom. The molecule has 1 saturated carbocycles. The third-order valence-electron chi connectivity index (χ3n) is 8.98. The average molecular weight is 667 g/mol. The normalized spacial score (nSPS) is 22.1. The van der Waals surface area contributed by atoms with Gasteiger partial charge in [0.25, 0.3) is 15.9 Å². The number of likely N-dealkylation sites (tertiary alicyclic amines) is 1. The molecule has 0 radical (unpaired) electrons. The third-order valence-corrected chi connectivity index (χ3v) is 10.3. The summed E-state index contributed by atoms with van der Waals surface area (Å²) in [5.41, 5.74) is 0.501. The zero-order chi connectivity index (χ0) is 33.9. The first-order valence-electron chi connectivity index (χ1n) is 15.8. The van der Waals surface area contributed by atoms with E-state index >= 15 is 0 Å². The molecule has 6 rings (SSSR count). The number of carbonyl (C=O) groups excluding carboxylic acids is 3. The summed E-state index contributed by atoms with van der Waals surface area (Å²) in [6, 6.07) is 29.1. The molecule has 1 heterocycles. The second kappa shape index (κ2) is 13.6. The fourth-order valence-electron chi connectivity index (χ4n) is 6.37. The molecule has 4 aromatic carbocycles. The van der Waals surface area contributed by atoms with Crippen molar-refractivity contribution < 1.29 is 27.5 Å². The minimum absolute atomic E-state index is 0.149. The Morgan fingerprint density at radius 2 is 1.67 bits per heavy atom. The van der Waals surface area contributed by atoms with E-state index in [9.17, 15) is 22.8 Å². The minimum Gasteiger partial charge on any atom is -0.489 e. The molecule has 48 heavy (non-hydrogen) atoms. The second-order valence-electron chi connectivity index (χ2n) is 12.5. The van der Waals surface area contributed by atoms with Gasteiger partial charge in [-0.3, -0.25) is 19.3 Å². The van der Waals surface area contributed by atoms with Gasteiger partial charge in [0.05, 0.1) is 16.9 Å². The second-order valence-corrected chi connectivity index (χ2v) is 14.2. The molecular formula is C37H38N4O6S. The van der Waals surface area contributed by atoms with Crippen molar-refractivity contribution in [1.82, 2.24) is 20.3 Å². The summed E-state index contributed by atoms with van der Waals surface area (Å²) < 4.78 is 34.7. The van der Waals surface area contributed by atoms with Gasteiger partial charge in [0.15, 0.2) is 0 Å². The van der Waals surface area contributed by atoms with Crippen LogP contribution in [-0.4, -0.2) is 55.7 Å². The summed E-state index contributed by atoms with van der Waals surface area (Å²) in [6.07, 6.45) is 1.73. The number of rotatable bonds is 12. The van der Waals surface area contributed by atoms with Gasteiger partial charge in [-0.05, 0) is 46.5 Å². The lowest BCUT2D eigenvalue weighted by atomic mass is 10.0. The molecule has 4 atom stereocenters. The molecular weight excluding hydrogens is 628 g/mol. The minimum atomic E-state index is -4.31. The number of hydrogen-bond acceptors (Lipinski definition) is 7. The highest BCUT2D eigenvalue weighted by atomic mass is 32.2. The lowest BCUT2D eigenvalue weighted by molar-refractivity contribution is -0.132. The van der Waals surface area contributed by atoms with Crippen molar-refractivity contribution in [1.29, 1.82) is 0 Å². The van der Waals surface area contributed by atoms with Gasteiger partial charge in [-0.1, -0.05) is 78.9 Å². The molecule has 2 aliphatic rings. The molecule has 1 aliphatic heterocycles. The van der Waals surface area contributed by atoms with Gasteiger partial charge >= 0.3 is 0 Å². The van der Waals surface area contributed by atoms with Crippen LogP contribution in [0.1, 0.15) is 24.5 Å². The topological polar surface area (TPSA) is 134 Å². The number of nitrogens with zero attached hydrogens (tertiary/aromatic N) is 1. The van der Waals surface area contributed by atoms with Crippen LogP contribution < -0.4 is 20.1 Å². The first-order valence-corrected chi connectivity index (χ1v) is 17.3. The first kappa shape index (κ1) is 32.9. The zero-order valence-corrected chi connectivity index (χ0v) is 27.4. The van der Waals surface area contributed by atoms with Crippen molar-refractivity contribution in [3.8, 4) is 5.75 Å². The Bertz CT molecular complexity index is 1970. The maximum absolute atomic E-state index is 13.8. The number of carbonyl (C=O) groups is 3. The van der Waals surface area contributed by atoms with Crippen LogP contribution in [0.2, 0.25) is 0 Å². The molecule has 10 nitrogen and oxygen atoms in total. The number of nitrogens with one attached hydrogen (secondary N) is 3. The van der Waals surface area contributed by atoms with Crippen LogP contribution in [0.3, 0.4) is 0 Å². The van der Waals surface area contributed by atoms with Crippen LogP contribution >= 0.6 is 0 Å². The van der Waals surface area contributed by atoms with E-state index in [1.807, 2.05) is 60.7 Å². The van der Waals surface area contributed by atoms with E-state index in [4.69, 9.17) is 4.74 Å². The van der Waals surface area contributed by atoms with Crippen molar-refractivity contribution >= 4 is 38.5 Å². The SMILES string of the molecule is C=C[C@@H]1C[C@]1(NC(=O)[C@@H]1CN(Cc2ccc3ccccc3c2)C[C@@H]1NC(C)=O)C(=O)NS(=O)(=O)c1cccc(OCc2ccccc2)c1. The molecule has 0 unspecified atom stereocenters. The number of fused-ring (bicyclic) bond motifs is 1. The van der Waals surface area contributed by atoms with E-state index in [2.05, 4.69) is 39.0 Å². The van der Waals surface area contributed by atoms with Crippen molar-refractivity contribution in [2.24, 2.45) is 11.8 Å². The molecule has 0 aromatic heterocycles. The fraction of sp³-hybridized carbons (Fsp3) is 0.270. The Hall–Kier alpha value is -5.00. The molecule has 0 bridgehead atoms. The lowest BCUT2D eigenvalue weighted by Gasteiger charge is -2.23. The highest BCUT2D eigenvalue weighted by Gasteiger charge is 2.61. The Kier molecular flexibility index (Phi) is 9.34. The molecule has 0 spiro atoms. The summed E-state index contributed by atoms with van der Waals surface area (Å²) >= 11 is 0. The molecule has 3 N–H and O–H groups in total. The molecule has 11 heteroatoms. The van der Waals surface area contributed by atoms with E-state index < -0.39 is 45.3 Å². The van der Waals surface area contributed by atoms with Crippen molar-refractivity contribution in [3.63, 3.8) is 0 Å². The highest BCUT2D eigenvalue weighted by Crippen LogP contribution is 2.45. The van der Waals surface area contributed by atoms with Gasteiger partial charge < -0.3 is 15.4 Å². The quantitative estimate of drug-likeness (QED) is 0.195. The smallest absolute Gasteiger partial charge is 0.264 e. The van der Waals surface area contributed by atoms with Crippen LogP contribution in [-0.2, 0) is 37.6 Å². The van der Waals surface area contributed by atoms with Gasteiger partial charge in [0, 0.05) is 38.5 Å². The predicted octanol–water partition coefficient (Wildman–Crippen LogP) is 3.92. The van der Waals surface area contributed by atoms with Crippen molar-refractivity contribution in [3.05, 3.63) is 121 Å². The fourth-order valence-corrected chi connectivity index (χ4v) is 7.45. The van der Waals surface area contributed by atoms with Gasteiger partial charge in [0.1, 0.15) is 17.9 Å². The number of sulfonamides is 1. The molecule has 2 fully saturated rings. The van der Waals surface area contributed by atoms with Crippen LogP contribution in [0.25, 0.3) is 10.8 Å². The van der Waals surface area contributed by atoms with E-state index in [-0.39, 0.29) is 23.8 Å². The highest BCUT2D eigenvalue weighted by molar-refractivity contribution is 7.90. The van der Waals surface area contributed by atoms with Crippen LogP contribution in [0.15, 0.2) is 115 Å². The molecule has 1 saturated heterocycles. The van der Waals surface area contributed by atoms with Crippen LogP contribution in [0.4, 0.5) is 0 Å². The summed E-state index contributed by atoms with van der Waals surface area (Å²) in [5, 5.41) is 7.99. The molecule has 1 aliphatic carbocycles. The number of ether oxygens (including phenoxy) is 1. The summed E-state index contributed by atoms with van der Waals surface area (Å²) in [4.78, 5) is 41.5. The molecule has 3 amide bonds.